The van der Waals surface area contributed by atoms with Crippen molar-refractivity contribution >= 4 is 23.0 Å². The molecule has 2 heterocycles. The summed E-state index contributed by atoms with van der Waals surface area (Å²) >= 11 is 0. The van der Waals surface area contributed by atoms with Crippen LogP contribution in [-0.4, -0.2) is 26.8 Å². The number of hydrazone groups is 1. The Morgan fingerprint density at radius 3 is 2.75 bits per heavy atom. The van der Waals surface area contributed by atoms with Gasteiger partial charge in [-0.05, 0) is 30.7 Å². The summed E-state index contributed by atoms with van der Waals surface area (Å²) in [5, 5.41) is 14.9. The van der Waals surface area contributed by atoms with Gasteiger partial charge in [0, 0.05) is 18.1 Å². The Morgan fingerprint density at radius 1 is 1.21 bits per heavy atom. The fourth-order valence-corrected chi connectivity index (χ4v) is 3.00. The molecule has 0 saturated carbocycles. The number of aromatic hydroxyl groups is 1. The van der Waals surface area contributed by atoms with Gasteiger partial charge in [0.1, 0.15) is 11.3 Å². The van der Waals surface area contributed by atoms with Crippen molar-refractivity contribution < 1.29 is 9.90 Å². The van der Waals surface area contributed by atoms with Gasteiger partial charge >= 0.3 is 0 Å². The van der Waals surface area contributed by atoms with E-state index < -0.39 is 11.5 Å². The number of aromatic nitrogens is 2. The lowest BCUT2D eigenvalue weighted by molar-refractivity contribution is 0.0950. The zero-order chi connectivity index (χ0) is 19.9. The molecule has 1 aromatic carbocycles. The lowest BCUT2D eigenvalue weighted by atomic mass is 10.1. The van der Waals surface area contributed by atoms with E-state index in [1.165, 1.54) is 6.21 Å². The van der Waals surface area contributed by atoms with Crippen LogP contribution in [0.2, 0.25) is 0 Å². The number of rotatable bonds is 7. The molecule has 0 aliphatic rings. The van der Waals surface area contributed by atoms with E-state index in [-0.39, 0.29) is 11.3 Å². The molecule has 2 aromatic heterocycles. The van der Waals surface area contributed by atoms with Crippen LogP contribution in [0.5, 0.6) is 5.75 Å². The first-order valence-corrected chi connectivity index (χ1v) is 9.22. The topological polar surface area (TPSA) is 96.6 Å². The van der Waals surface area contributed by atoms with Gasteiger partial charge in [-0.2, -0.15) is 5.10 Å². The Balaban J connectivity index is 1.96. The average Bonchev–Trinajstić information content (AvgIpc) is 2.71. The third kappa shape index (κ3) is 4.09. The first-order valence-electron chi connectivity index (χ1n) is 9.22. The summed E-state index contributed by atoms with van der Waals surface area (Å²) in [5.41, 5.74) is 2.63. The van der Waals surface area contributed by atoms with E-state index in [9.17, 15) is 14.7 Å². The highest BCUT2D eigenvalue weighted by molar-refractivity contribution is 6.02. The number of nitrogens with zero attached hydrogens (tertiary/aromatic N) is 3. The molecule has 1 amide bonds. The molecule has 3 rings (SSSR count). The molecular weight excluding hydrogens is 356 g/mol. The minimum atomic E-state index is -0.760. The van der Waals surface area contributed by atoms with E-state index in [0.29, 0.717) is 23.1 Å². The van der Waals surface area contributed by atoms with Crippen LogP contribution in [0.4, 0.5) is 0 Å². The normalized spacial score (nSPS) is 11.2. The second kappa shape index (κ2) is 8.94. The van der Waals surface area contributed by atoms with Crippen molar-refractivity contribution in [1.29, 1.82) is 0 Å². The number of amides is 1. The maximum absolute atomic E-state index is 13.0. The van der Waals surface area contributed by atoms with Gasteiger partial charge in [0.15, 0.2) is 0 Å². The fraction of sp³-hybridized carbons (Fsp3) is 0.238. The SMILES string of the molecule is CCCCCn1c(=O)c(C(=O)NN=Cc2ccccn2)c(O)c2ccccc21. The maximum Gasteiger partial charge on any atom is 0.280 e. The second-order valence-corrected chi connectivity index (χ2v) is 6.36. The summed E-state index contributed by atoms with van der Waals surface area (Å²) in [6.45, 7) is 2.56. The van der Waals surface area contributed by atoms with Gasteiger partial charge in [-0.3, -0.25) is 14.6 Å². The number of pyridine rings is 2. The van der Waals surface area contributed by atoms with Crippen LogP contribution in [0.15, 0.2) is 58.6 Å². The highest BCUT2D eigenvalue weighted by Crippen LogP contribution is 2.26. The number of aryl methyl sites for hydroxylation is 1. The molecule has 28 heavy (non-hydrogen) atoms. The Kier molecular flexibility index (Phi) is 6.16. The highest BCUT2D eigenvalue weighted by atomic mass is 16.3. The fourth-order valence-electron chi connectivity index (χ4n) is 3.00. The van der Waals surface area contributed by atoms with Crippen LogP contribution in [0.25, 0.3) is 10.9 Å². The van der Waals surface area contributed by atoms with E-state index in [0.717, 1.165) is 19.3 Å². The van der Waals surface area contributed by atoms with Crippen LogP contribution in [0, 0.1) is 0 Å². The Bertz CT molecular complexity index is 1060. The molecular formula is C21H22N4O3. The Hall–Kier alpha value is -3.48. The van der Waals surface area contributed by atoms with E-state index in [4.69, 9.17) is 0 Å². The standard InChI is InChI=1S/C21H22N4O3/c1-2-3-8-13-25-17-11-5-4-10-16(17)19(26)18(21(25)28)20(27)24-23-14-15-9-6-7-12-22-15/h4-7,9-12,14,26H,2-3,8,13H2,1H3,(H,24,27). The monoisotopic (exact) mass is 378 g/mol. The van der Waals surface area contributed by atoms with E-state index >= 15 is 0 Å². The molecule has 0 unspecified atom stereocenters. The van der Waals surface area contributed by atoms with Crippen molar-refractivity contribution in [3.8, 4) is 5.75 Å². The molecule has 0 aliphatic heterocycles. The third-order valence-corrected chi connectivity index (χ3v) is 4.41. The van der Waals surface area contributed by atoms with Crippen LogP contribution in [0.1, 0.15) is 42.2 Å². The van der Waals surface area contributed by atoms with E-state index in [2.05, 4.69) is 22.4 Å². The summed E-state index contributed by atoms with van der Waals surface area (Å²) in [6.07, 6.45) is 5.77. The number of hydrogen-bond acceptors (Lipinski definition) is 5. The molecule has 0 spiro atoms. The Labute approximate surface area is 162 Å². The quantitative estimate of drug-likeness (QED) is 0.375. The smallest absolute Gasteiger partial charge is 0.280 e. The molecule has 0 radical (unpaired) electrons. The summed E-state index contributed by atoms with van der Waals surface area (Å²) in [5.74, 6) is -1.09. The van der Waals surface area contributed by atoms with Crippen molar-refractivity contribution in [2.45, 2.75) is 32.7 Å². The zero-order valence-corrected chi connectivity index (χ0v) is 15.6. The molecule has 3 aromatic rings. The van der Waals surface area contributed by atoms with Crippen LogP contribution in [0.3, 0.4) is 0 Å². The molecule has 7 nitrogen and oxygen atoms in total. The number of nitrogens with one attached hydrogen (secondary N) is 1. The number of hydrogen-bond donors (Lipinski definition) is 2. The highest BCUT2D eigenvalue weighted by Gasteiger charge is 2.21. The van der Waals surface area contributed by atoms with E-state index in [1.54, 1.807) is 53.2 Å². The van der Waals surface area contributed by atoms with Gasteiger partial charge < -0.3 is 9.67 Å². The van der Waals surface area contributed by atoms with Crippen molar-refractivity contribution in [2.75, 3.05) is 0 Å². The number of fused-ring (bicyclic) bond motifs is 1. The van der Waals surface area contributed by atoms with E-state index in [1.807, 2.05) is 0 Å². The van der Waals surface area contributed by atoms with Crippen LogP contribution in [-0.2, 0) is 6.54 Å². The molecule has 7 heteroatoms. The van der Waals surface area contributed by atoms with Crippen molar-refractivity contribution in [1.82, 2.24) is 15.0 Å². The zero-order valence-electron chi connectivity index (χ0n) is 15.6. The van der Waals surface area contributed by atoms with Crippen LogP contribution < -0.4 is 11.0 Å². The molecule has 0 fully saturated rings. The Morgan fingerprint density at radius 2 is 2.00 bits per heavy atom. The number of unbranched alkanes of at least 4 members (excludes halogenated alkanes) is 2. The molecule has 0 saturated heterocycles. The first-order chi connectivity index (χ1) is 13.6. The summed E-state index contributed by atoms with van der Waals surface area (Å²) < 4.78 is 1.54. The lowest BCUT2D eigenvalue weighted by Gasteiger charge is -2.14. The van der Waals surface area contributed by atoms with Crippen LogP contribution >= 0.6 is 0 Å². The summed E-state index contributed by atoms with van der Waals surface area (Å²) in [7, 11) is 0. The van der Waals surface area contributed by atoms with Crippen molar-refractivity contribution in [3.05, 3.63) is 70.3 Å². The lowest BCUT2D eigenvalue weighted by Crippen LogP contribution is -2.31. The van der Waals surface area contributed by atoms with Gasteiger partial charge in [0.2, 0.25) is 0 Å². The number of para-hydroxylation sites is 1. The summed E-state index contributed by atoms with van der Waals surface area (Å²) in [6, 6.07) is 12.3. The van der Waals surface area contributed by atoms with Gasteiger partial charge in [0.05, 0.1) is 17.4 Å². The number of carbonyl (C=O) groups excluding carboxylic acids is 1. The number of carbonyl (C=O) groups is 1. The largest absolute Gasteiger partial charge is 0.506 e. The minimum Gasteiger partial charge on any atom is -0.506 e. The molecule has 0 bridgehead atoms. The maximum atomic E-state index is 13.0. The van der Waals surface area contributed by atoms with Gasteiger partial charge in [-0.25, -0.2) is 5.43 Å². The predicted octanol–water partition coefficient (Wildman–Crippen LogP) is 3.06. The molecule has 2 N–H and O–H groups in total. The third-order valence-electron chi connectivity index (χ3n) is 4.41. The van der Waals surface area contributed by atoms with Gasteiger partial charge in [-0.1, -0.05) is 38.0 Å². The van der Waals surface area contributed by atoms with Gasteiger partial charge in [0.25, 0.3) is 11.5 Å². The average molecular weight is 378 g/mol. The molecule has 0 atom stereocenters. The minimum absolute atomic E-state index is 0.312. The van der Waals surface area contributed by atoms with Gasteiger partial charge in [-0.15, -0.1) is 0 Å². The molecule has 144 valence electrons. The predicted molar refractivity (Wildman–Crippen MR) is 109 cm³/mol. The number of benzene rings is 1. The second-order valence-electron chi connectivity index (χ2n) is 6.36. The van der Waals surface area contributed by atoms with Crippen molar-refractivity contribution in [2.24, 2.45) is 5.10 Å². The first kappa shape index (κ1) is 19.3. The molecule has 0 aliphatic carbocycles. The van der Waals surface area contributed by atoms with Crippen molar-refractivity contribution in [3.63, 3.8) is 0 Å². The summed E-state index contributed by atoms with van der Waals surface area (Å²) in [4.78, 5) is 29.6.